The number of halogens is 1. The van der Waals surface area contributed by atoms with Gasteiger partial charge in [0.15, 0.2) is 0 Å². The number of likely N-dealkylation sites (tertiary alicyclic amines) is 1. The van der Waals surface area contributed by atoms with Crippen LogP contribution < -0.4 is 5.32 Å². The maximum absolute atomic E-state index is 14.8. The van der Waals surface area contributed by atoms with Gasteiger partial charge in [-0.15, -0.1) is 13.2 Å². The van der Waals surface area contributed by atoms with Gasteiger partial charge in [-0.25, -0.2) is 0 Å². The molecule has 8 atom stereocenters. The van der Waals surface area contributed by atoms with Gasteiger partial charge >= 0.3 is 5.97 Å². The van der Waals surface area contributed by atoms with Crippen molar-refractivity contribution in [2.45, 2.75) is 80.7 Å². The SMILES string of the molecule is C=CCCC(=O)OC[C@H](NC(=O)[C@@H]1[C@H]2O[C@@]3(CC2Br)[C@H](C(=O)N(CC=C)Cc2ccccc2)N([C@@H](CO)CC(C)C)C(=O)[C@@H]13)c1ccccc1. The van der Waals surface area contributed by atoms with E-state index in [2.05, 4.69) is 34.4 Å². The highest BCUT2D eigenvalue weighted by molar-refractivity contribution is 9.09. The Morgan fingerprint density at radius 3 is 2.42 bits per heavy atom. The molecule has 50 heavy (non-hydrogen) atoms. The first-order valence-electron chi connectivity index (χ1n) is 17.4. The summed E-state index contributed by atoms with van der Waals surface area (Å²) in [5.41, 5.74) is 0.338. The van der Waals surface area contributed by atoms with Crippen molar-refractivity contribution in [1.29, 1.82) is 0 Å². The summed E-state index contributed by atoms with van der Waals surface area (Å²) in [6, 6.07) is 16.4. The number of benzene rings is 2. The van der Waals surface area contributed by atoms with Crippen LogP contribution in [0.1, 0.15) is 56.7 Å². The van der Waals surface area contributed by atoms with E-state index in [1.54, 1.807) is 17.1 Å². The highest BCUT2D eigenvalue weighted by Crippen LogP contribution is 2.60. The van der Waals surface area contributed by atoms with Crippen LogP contribution in [0, 0.1) is 17.8 Å². The van der Waals surface area contributed by atoms with Crippen molar-refractivity contribution in [1.82, 2.24) is 15.1 Å². The fraction of sp³-hybridized carbons (Fsp3) is 0.487. The summed E-state index contributed by atoms with van der Waals surface area (Å²) in [6.45, 7) is 11.6. The Hall–Kier alpha value is -3.80. The Labute approximate surface area is 303 Å². The Bertz CT molecular complexity index is 1540. The summed E-state index contributed by atoms with van der Waals surface area (Å²) in [5, 5.41) is 13.7. The normalized spacial score (nSPS) is 26.3. The monoisotopic (exact) mass is 749 g/mol. The molecule has 5 rings (SSSR count). The Balaban J connectivity index is 1.50. The van der Waals surface area contributed by atoms with Crippen molar-refractivity contribution in [3.05, 3.63) is 97.1 Å². The largest absolute Gasteiger partial charge is 0.463 e. The number of ether oxygens (including phenoxy) is 2. The fourth-order valence-electron chi connectivity index (χ4n) is 7.87. The molecular formula is C39H48BrN3O7. The lowest BCUT2D eigenvalue weighted by Gasteiger charge is -2.40. The zero-order valence-electron chi connectivity index (χ0n) is 28.8. The lowest BCUT2D eigenvalue weighted by Crippen LogP contribution is -2.59. The molecule has 0 radical (unpaired) electrons. The molecule has 3 aliphatic heterocycles. The van der Waals surface area contributed by atoms with E-state index in [1.165, 1.54) is 4.90 Å². The molecule has 3 amide bonds. The van der Waals surface area contributed by atoms with E-state index in [0.29, 0.717) is 19.3 Å². The number of aliphatic hydroxyl groups is 1. The zero-order chi connectivity index (χ0) is 36.0. The molecule has 0 aromatic heterocycles. The second-order valence-electron chi connectivity index (χ2n) is 13.9. The summed E-state index contributed by atoms with van der Waals surface area (Å²) in [4.78, 5) is 59.4. The predicted molar refractivity (Wildman–Crippen MR) is 193 cm³/mol. The van der Waals surface area contributed by atoms with Gasteiger partial charge in [0, 0.05) is 24.3 Å². The minimum Gasteiger partial charge on any atom is -0.463 e. The number of nitrogens with one attached hydrogen (secondary N) is 1. The smallest absolute Gasteiger partial charge is 0.306 e. The van der Waals surface area contributed by atoms with Gasteiger partial charge in [0.05, 0.1) is 36.6 Å². The van der Waals surface area contributed by atoms with Crippen LogP contribution in [0.3, 0.4) is 0 Å². The van der Waals surface area contributed by atoms with E-state index in [4.69, 9.17) is 9.47 Å². The Morgan fingerprint density at radius 2 is 1.80 bits per heavy atom. The zero-order valence-corrected chi connectivity index (χ0v) is 30.4. The lowest BCUT2D eigenvalue weighted by atomic mass is 9.70. The molecule has 2 aromatic carbocycles. The van der Waals surface area contributed by atoms with Crippen molar-refractivity contribution >= 4 is 39.6 Å². The summed E-state index contributed by atoms with van der Waals surface area (Å²) in [5.74, 6) is -3.33. The number of allylic oxidation sites excluding steroid dienone is 1. The molecule has 1 unspecified atom stereocenters. The molecule has 3 aliphatic rings. The summed E-state index contributed by atoms with van der Waals surface area (Å²) in [6.07, 6.45) is 4.04. The average molecular weight is 751 g/mol. The molecule has 3 saturated heterocycles. The van der Waals surface area contributed by atoms with Crippen LogP contribution in [0.4, 0.5) is 0 Å². The van der Waals surface area contributed by atoms with Gasteiger partial charge in [-0.05, 0) is 36.3 Å². The summed E-state index contributed by atoms with van der Waals surface area (Å²) < 4.78 is 12.3. The summed E-state index contributed by atoms with van der Waals surface area (Å²) >= 11 is 3.75. The van der Waals surface area contributed by atoms with Crippen molar-refractivity contribution in [3.8, 4) is 0 Å². The Morgan fingerprint density at radius 1 is 1.12 bits per heavy atom. The minimum absolute atomic E-state index is 0.102. The first-order chi connectivity index (χ1) is 24.1. The van der Waals surface area contributed by atoms with Gasteiger partial charge in [-0.1, -0.05) is 103 Å². The molecule has 2 N–H and O–H groups in total. The van der Waals surface area contributed by atoms with Gasteiger partial charge in [-0.2, -0.15) is 0 Å². The highest BCUT2D eigenvalue weighted by atomic mass is 79.9. The molecule has 268 valence electrons. The second kappa shape index (κ2) is 16.5. The number of aliphatic hydroxyl groups excluding tert-OH is 1. The third-order valence-electron chi connectivity index (χ3n) is 9.97. The molecule has 10 nitrogen and oxygen atoms in total. The number of esters is 1. The number of hydrogen-bond donors (Lipinski definition) is 2. The molecule has 3 heterocycles. The third kappa shape index (κ3) is 7.60. The molecule has 2 bridgehead atoms. The highest BCUT2D eigenvalue weighted by Gasteiger charge is 2.77. The number of amides is 3. The van der Waals surface area contributed by atoms with Crippen LogP contribution in [0.2, 0.25) is 0 Å². The Kier molecular flexibility index (Phi) is 12.3. The van der Waals surface area contributed by atoms with Crippen LogP contribution in [-0.2, 0) is 35.2 Å². The van der Waals surface area contributed by atoms with Gasteiger partial charge in [0.1, 0.15) is 18.2 Å². The second-order valence-corrected chi connectivity index (χ2v) is 15.0. The van der Waals surface area contributed by atoms with Crippen molar-refractivity contribution in [3.63, 3.8) is 0 Å². The number of carbonyl (C=O) groups excluding carboxylic acids is 4. The van der Waals surface area contributed by atoms with Crippen LogP contribution >= 0.6 is 15.9 Å². The van der Waals surface area contributed by atoms with Crippen LogP contribution in [0.5, 0.6) is 0 Å². The van der Waals surface area contributed by atoms with E-state index >= 15 is 0 Å². The molecule has 3 fully saturated rings. The lowest BCUT2D eigenvalue weighted by molar-refractivity contribution is -0.152. The predicted octanol–water partition coefficient (Wildman–Crippen LogP) is 4.72. The quantitative estimate of drug-likeness (QED) is 0.136. The van der Waals surface area contributed by atoms with Gasteiger partial charge < -0.3 is 29.7 Å². The van der Waals surface area contributed by atoms with E-state index in [1.807, 2.05) is 74.5 Å². The minimum atomic E-state index is -1.31. The van der Waals surface area contributed by atoms with Crippen molar-refractivity contribution in [2.75, 3.05) is 19.8 Å². The molecule has 0 aliphatic carbocycles. The molecular weight excluding hydrogens is 702 g/mol. The maximum Gasteiger partial charge on any atom is 0.306 e. The number of rotatable bonds is 17. The van der Waals surface area contributed by atoms with Gasteiger partial charge in [0.2, 0.25) is 17.7 Å². The van der Waals surface area contributed by atoms with E-state index in [-0.39, 0.29) is 55.3 Å². The van der Waals surface area contributed by atoms with Crippen LogP contribution in [-0.4, -0.2) is 87.0 Å². The molecule has 11 heteroatoms. The van der Waals surface area contributed by atoms with Gasteiger partial charge in [-0.3, -0.25) is 19.2 Å². The topological polar surface area (TPSA) is 125 Å². The number of fused-ring (bicyclic) bond motifs is 1. The number of nitrogens with zero attached hydrogens (tertiary/aromatic N) is 2. The van der Waals surface area contributed by atoms with Crippen molar-refractivity contribution in [2.24, 2.45) is 17.8 Å². The third-order valence-corrected chi connectivity index (χ3v) is 10.8. The first kappa shape index (κ1) is 37.5. The molecule has 0 saturated carbocycles. The summed E-state index contributed by atoms with van der Waals surface area (Å²) in [7, 11) is 0. The van der Waals surface area contributed by atoms with E-state index in [9.17, 15) is 24.3 Å². The molecule has 2 aromatic rings. The number of hydrogen-bond acceptors (Lipinski definition) is 7. The standard InChI is InChI=1S/C39H48BrN3O7/c1-5-7-18-31(45)49-24-30(27-16-12-9-13-17-27)41-36(46)32-33-37(47)43(28(23-44)20-25(3)4)35(39(33)21-29(40)34(32)50-39)38(48)42(19-6-2)22-26-14-10-8-11-15-26/h5-6,8-17,25,28-30,32-35,44H,1-2,7,18-24H2,3-4H3,(H,41,46)/t28-,29?,30+,32+,33-,34+,35+,39-/m1/s1. The number of alkyl halides is 1. The fourth-order valence-corrected chi connectivity index (χ4v) is 8.81. The van der Waals surface area contributed by atoms with Crippen LogP contribution in [0.15, 0.2) is 86.0 Å². The van der Waals surface area contributed by atoms with E-state index in [0.717, 1.165) is 11.1 Å². The van der Waals surface area contributed by atoms with E-state index < -0.39 is 53.5 Å². The van der Waals surface area contributed by atoms with Crippen LogP contribution in [0.25, 0.3) is 0 Å². The first-order valence-corrected chi connectivity index (χ1v) is 18.3. The van der Waals surface area contributed by atoms with Gasteiger partial charge in [0.25, 0.3) is 0 Å². The molecule has 1 spiro atoms. The maximum atomic E-state index is 14.8. The average Bonchev–Trinajstić information content (AvgIpc) is 3.71. The van der Waals surface area contributed by atoms with Crippen molar-refractivity contribution < 1.29 is 33.8 Å². The number of carbonyl (C=O) groups is 4.